The summed E-state index contributed by atoms with van der Waals surface area (Å²) in [6.45, 7) is 3.47. The number of thioether (sulfide) groups is 1. The SMILES string of the molecule is CCSC[C@H]1CCCN1. The van der Waals surface area contributed by atoms with Crippen LogP contribution in [0.4, 0.5) is 0 Å². The Kier molecular flexibility index (Phi) is 3.44. The number of hydrogen-bond donors (Lipinski definition) is 1. The molecule has 1 heterocycles. The molecule has 1 aliphatic heterocycles. The monoisotopic (exact) mass is 145 g/mol. The predicted octanol–water partition coefficient (Wildman–Crippen LogP) is 1.49. The quantitative estimate of drug-likeness (QED) is 0.646. The molecular formula is C7H15NS. The van der Waals surface area contributed by atoms with Crippen molar-refractivity contribution < 1.29 is 0 Å². The predicted molar refractivity (Wildman–Crippen MR) is 44.0 cm³/mol. The smallest absolute Gasteiger partial charge is 0.0158 e. The van der Waals surface area contributed by atoms with Crippen molar-refractivity contribution in [1.82, 2.24) is 5.32 Å². The van der Waals surface area contributed by atoms with E-state index in [1.165, 1.54) is 30.9 Å². The highest BCUT2D eigenvalue weighted by Gasteiger charge is 2.12. The van der Waals surface area contributed by atoms with Gasteiger partial charge in [-0.3, -0.25) is 0 Å². The largest absolute Gasteiger partial charge is 0.313 e. The van der Waals surface area contributed by atoms with E-state index in [1.54, 1.807) is 0 Å². The Morgan fingerprint density at radius 1 is 1.67 bits per heavy atom. The molecule has 1 rings (SSSR count). The second kappa shape index (κ2) is 4.18. The first kappa shape index (κ1) is 7.42. The lowest BCUT2D eigenvalue weighted by molar-refractivity contribution is 0.674. The second-order valence-electron chi connectivity index (χ2n) is 2.45. The highest BCUT2D eigenvalue weighted by molar-refractivity contribution is 7.99. The minimum Gasteiger partial charge on any atom is -0.313 e. The van der Waals surface area contributed by atoms with Crippen molar-refractivity contribution in [3.63, 3.8) is 0 Å². The Hall–Kier alpha value is 0.310. The highest BCUT2D eigenvalue weighted by atomic mass is 32.2. The molecule has 54 valence electrons. The molecule has 1 fully saturated rings. The Bertz CT molecular complexity index is 69.3. The average Bonchev–Trinajstić information content (AvgIpc) is 2.34. The summed E-state index contributed by atoms with van der Waals surface area (Å²) in [6.07, 6.45) is 2.78. The fourth-order valence-corrected chi connectivity index (χ4v) is 1.96. The molecule has 0 unspecified atom stereocenters. The van der Waals surface area contributed by atoms with Gasteiger partial charge in [0.05, 0.1) is 0 Å². The molecule has 0 spiro atoms. The molecule has 1 saturated heterocycles. The Labute approximate surface area is 61.6 Å². The highest BCUT2D eigenvalue weighted by Crippen LogP contribution is 2.10. The van der Waals surface area contributed by atoms with Crippen LogP contribution in [0, 0.1) is 0 Å². The average molecular weight is 145 g/mol. The van der Waals surface area contributed by atoms with Gasteiger partial charge in [0.25, 0.3) is 0 Å². The lowest BCUT2D eigenvalue weighted by atomic mass is 10.3. The van der Waals surface area contributed by atoms with Gasteiger partial charge >= 0.3 is 0 Å². The fourth-order valence-electron chi connectivity index (χ4n) is 1.16. The van der Waals surface area contributed by atoms with Gasteiger partial charge in [-0.2, -0.15) is 11.8 Å². The van der Waals surface area contributed by atoms with E-state index < -0.39 is 0 Å². The van der Waals surface area contributed by atoms with Crippen molar-refractivity contribution in [2.45, 2.75) is 25.8 Å². The zero-order valence-corrected chi connectivity index (χ0v) is 6.84. The van der Waals surface area contributed by atoms with Crippen LogP contribution in [-0.2, 0) is 0 Å². The van der Waals surface area contributed by atoms with Gasteiger partial charge in [-0.1, -0.05) is 6.92 Å². The van der Waals surface area contributed by atoms with E-state index in [9.17, 15) is 0 Å². The Morgan fingerprint density at radius 3 is 3.11 bits per heavy atom. The maximum absolute atomic E-state index is 3.47. The summed E-state index contributed by atoms with van der Waals surface area (Å²) in [6, 6.07) is 0.829. The van der Waals surface area contributed by atoms with Gasteiger partial charge in [-0.15, -0.1) is 0 Å². The number of nitrogens with one attached hydrogen (secondary N) is 1. The molecule has 0 aromatic rings. The molecule has 0 aromatic carbocycles. The van der Waals surface area contributed by atoms with Crippen molar-refractivity contribution in [1.29, 1.82) is 0 Å². The minimum atomic E-state index is 0.829. The van der Waals surface area contributed by atoms with Gasteiger partial charge in [0.15, 0.2) is 0 Å². The molecule has 0 aliphatic carbocycles. The summed E-state index contributed by atoms with van der Waals surface area (Å²) in [4.78, 5) is 0. The fraction of sp³-hybridized carbons (Fsp3) is 1.00. The molecule has 1 aliphatic rings. The third kappa shape index (κ3) is 2.59. The molecule has 0 aromatic heterocycles. The lowest BCUT2D eigenvalue weighted by Crippen LogP contribution is -2.23. The summed E-state index contributed by atoms with van der Waals surface area (Å²) >= 11 is 2.04. The van der Waals surface area contributed by atoms with Crippen LogP contribution < -0.4 is 5.32 Å². The third-order valence-electron chi connectivity index (χ3n) is 1.69. The molecule has 1 N–H and O–H groups in total. The minimum absolute atomic E-state index is 0.829. The summed E-state index contributed by atoms with van der Waals surface area (Å²) in [5, 5.41) is 3.47. The van der Waals surface area contributed by atoms with Crippen LogP contribution in [-0.4, -0.2) is 24.1 Å². The van der Waals surface area contributed by atoms with E-state index >= 15 is 0 Å². The van der Waals surface area contributed by atoms with Gasteiger partial charge in [-0.05, 0) is 25.1 Å². The molecule has 1 nitrogen and oxygen atoms in total. The molecular weight excluding hydrogens is 130 g/mol. The summed E-state index contributed by atoms with van der Waals surface area (Å²) in [5.41, 5.74) is 0. The van der Waals surface area contributed by atoms with Crippen molar-refractivity contribution in [2.75, 3.05) is 18.1 Å². The Balaban J connectivity index is 1.98. The molecule has 1 atom stereocenters. The number of hydrogen-bond acceptors (Lipinski definition) is 2. The normalized spacial score (nSPS) is 27.0. The topological polar surface area (TPSA) is 12.0 Å². The van der Waals surface area contributed by atoms with E-state index in [2.05, 4.69) is 12.2 Å². The van der Waals surface area contributed by atoms with Crippen molar-refractivity contribution in [3.8, 4) is 0 Å². The summed E-state index contributed by atoms with van der Waals surface area (Å²) in [7, 11) is 0. The Morgan fingerprint density at radius 2 is 2.56 bits per heavy atom. The zero-order chi connectivity index (χ0) is 6.53. The van der Waals surface area contributed by atoms with Crippen LogP contribution in [0.1, 0.15) is 19.8 Å². The number of rotatable bonds is 3. The van der Waals surface area contributed by atoms with Gasteiger partial charge in [0.1, 0.15) is 0 Å². The summed E-state index contributed by atoms with van der Waals surface area (Å²) in [5.74, 6) is 2.58. The van der Waals surface area contributed by atoms with Gasteiger partial charge in [-0.25, -0.2) is 0 Å². The third-order valence-corrected chi connectivity index (χ3v) is 2.73. The standard InChI is InChI=1S/C7H15NS/c1-2-9-6-7-4-3-5-8-7/h7-8H,2-6H2,1H3/t7-/m1/s1. The van der Waals surface area contributed by atoms with E-state index in [-0.39, 0.29) is 0 Å². The van der Waals surface area contributed by atoms with Crippen LogP contribution in [0.5, 0.6) is 0 Å². The molecule has 9 heavy (non-hydrogen) atoms. The van der Waals surface area contributed by atoms with Crippen LogP contribution in [0.2, 0.25) is 0 Å². The van der Waals surface area contributed by atoms with Crippen LogP contribution in [0.15, 0.2) is 0 Å². The molecule has 0 bridgehead atoms. The van der Waals surface area contributed by atoms with Crippen LogP contribution >= 0.6 is 11.8 Å². The van der Waals surface area contributed by atoms with Crippen molar-refractivity contribution in [2.24, 2.45) is 0 Å². The van der Waals surface area contributed by atoms with Gasteiger partial charge in [0, 0.05) is 11.8 Å². The van der Waals surface area contributed by atoms with E-state index in [0.29, 0.717) is 0 Å². The second-order valence-corrected chi connectivity index (χ2v) is 3.77. The molecule has 2 heteroatoms. The van der Waals surface area contributed by atoms with Crippen molar-refractivity contribution >= 4 is 11.8 Å². The van der Waals surface area contributed by atoms with Crippen LogP contribution in [0.25, 0.3) is 0 Å². The molecule has 0 radical (unpaired) electrons. The van der Waals surface area contributed by atoms with Gasteiger partial charge < -0.3 is 5.32 Å². The maximum Gasteiger partial charge on any atom is 0.0158 e. The lowest BCUT2D eigenvalue weighted by Gasteiger charge is -2.06. The first-order chi connectivity index (χ1) is 4.43. The molecule has 0 amide bonds. The zero-order valence-electron chi connectivity index (χ0n) is 6.02. The van der Waals surface area contributed by atoms with Crippen molar-refractivity contribution in [3.05, 3.63) is 0 Å². The van der Waals surface area contributed by atoms with E-state index in [4.69, 9.17) is 0 Å². The molecule has 0 saturated carbocycles. The van der Waals surface area contributed by atoms with Gasteiger partial charge in [0.2, 0.25) is 0 Å². The van der Waals surface area contributed by atoms with Crippen LogP contribution in [0.3, 0.4) is 0 Å². The van der Waals surface area contributed by atoms with E-state index in [1.807, 2.05) is 11.8 Å². The maximum atomic E-state index is 3.47. The first-order valence-corrected chi connectivity index (χ1v) is 4.90. The van der Waals surface area contributed by atoms with E-state index in [0.717, 1.165) is 6.04 Å². The first-order valence-electron chi connectivity index (χ1n) is 3.74. The summed E-state index contributed by atoms with van der Waals surface area (Å²) < 4.78 is 0.